The van der Waals surface area contributed by atoms with Gasteiger partial charge in [0.05, 0.1) is 5.56 Å². The molecular weight excluding hydrogens is 293 g/mol. The fourth-order valence-electron chi connectivity index (χ4n) is 1.49. The van der Waals surface area contributed by atoms with E-state index in [4.69, 9.17) is 0 Å². The Morgan fingerprint density at radius 1 is 1.33 bits per heavy atom. The number of rotatable bonds is 2. The lowest BCUT2D eigenvalue weighted by Gasteiger charge is -2.01. The lowest BCUT2D eigenvalue weighted by Crippen LogP contribution is -2.14. The number of hydrogen-bond donors (Lipinski definition) is 2. The molecule has 3 rings (SSSR count). The van der Waals surface area contributed by atoms with Crippen LogP contribution >= 0.6 is 0 Å². The van der Waals surface area contributed by atoms with E-state index in [-0.39, 0.29) is 5.56 Å². The molecule has 0 fully saturated rings. The molecule has 3 aromatic heterocycles. The SMILES string of the molecule is O=C(Nc1n[nH]c(C(F)(F)F)n1)c1ccc2nnnn2c1. The van der Waals surface area contributed by atoms with Crippen molar-refractivity contribution in [2.45, 2.75) is 6.18 Å². The predicted molar refractivity (Wildman–Crippen MR) is 60.1 cm³/mol. The van der Waals surface area contributed by atoms with Gasteiger partial charge < -0.3 is 0 Å². The van der Waals surface area contributed by atoms with Gasteiger partial charge in [-0.25, -0.2) is 0 Å². The summed E-state index contributed by atoms with van der Waals surface area (Å²) in [5, 5.41) is 17.7. The van der Waals surface area contributed by atoms with Crippen molar-refractivity contribution < 1.29 is 18.0 Å². The van der Waals surface area contributed by atoms with Gasteiger partial charge >= 0.3 is 6.18 Å². The number of tetrazole rings is 1. The van der Waals surface area contributed by atoms with Crippen molar-refractivity contribution in [2.75, 3.05) is 5.32 Å². The lowest BCUT2D eigenvalue weighted by molar-refractivity contribution is -0.144. The Morgan fingerprint density at radius 3 is 2.86 bits per heavy atom. The van der Waals surface area contributed by atoms with Crippen molar-refractivity contribution in [3.05, 3.63) is 29.7 Å². The van der Waals surface area contributed by atoms with Crippen LogP contribution in [0, 0.1) is 0 Å². The zero-order valence-corrected chi connectivity index (χ0v) is 9.96. The highest BCUT2D eigenvalue weighted by Gasteiger charge is 2.35. The highest BCUT2D eigenvalue weighted by Crippen LogP contribution is 2.26. The second kappa shape index (κ2) is 4.50. The number of aromatic nitrogens is 7. The van der Waals surface area contributed by atoms with Gasteiger partial charge in [-0.05, 0) is 22.6 Å². The standard InChI is InChI=1S/C9H5F3N8O/c10-9(11,12)7-14-8(17-16-7)13-6(21)4-1-2-5-15-18-19-20(5)3-4/h1-3H,(H2,13,14,16,17,21). The molecule has 0 saturated carbocycles. The molecule has 0 spiro atoms. The number of halogens is 3. The monoisotopic (exact) mass is 298 g/mol. The number of carbonyl (C=O) groups excluding carboxylic acids is 1. The molecule has 21 heavy (non-hydrogen) atoms. The summed E-state index contributed by atoms with van der Waals surface area (Å²) in [7, 11) is 0. The summed E-state index contributed by atoms with van der Waals surface area (Å²) in [6.07, 6.45) is -3.34. The molecule has 3 heterocycles. The van der Waals surface area contributed by atoms with Crippen molar-refractivity contribution in [1.29, 1.82) is 0 Å². The molecule has 0 saturated heterocycles. The quantitative estimate of drug-likeness (QED) is 0.712. The number of pyridine rings is 1. The molecule has 108 valence electrons. The summed E-state index contributed by atoms with van der Waals surface area (Å²) in [6, 6.07) is 2.90. The molecule has 0 aliphatic rings. The Labute approximate surface area is 113 Å². The van der Waals surface area contributed by atoms with Crippen LogP contribution < -0.4 is 5.32 Å². The molecule has 0 aliphatic heterocycles. The average Bonchev–Trinajstić information content (AvgIpc) is 3.04. The molecule has 0 radical (unpaired) electrons. The van der Waals surface area contributed by atoms with E-state index in [2.05, 4.69) is 30.9 Å². The molecule has 1 amide bonds. The van der Waals surface area contributed by atoms with Crippen molar-refractivity contribution >= 4 is 17.5 Å². The van der Waals surface area contributed by atoms with E-state index < -0.39 is 23.9 Å². The molecule has 0 aliphatic carbocycles. The van der Waals surface area contributed by atoms with Gasteiger partial charge in [0.25, 0.3) is 5.91 Å². The van der Waals surface area contributed by atoms with Gasteiger partial charge in [0, 0.05) is 6.20 Å². The molecule has 3 aromatic rings. The second-order valence-electron chi connectivity index (χ2n) is 3.86. The summed E-state index contributed by atoms with van der Waals surface area (Å²) in [6.45, 7) is 0. The largest absolute Gasteiger partial charge is 0.451 e. The Kier molecular flexibility index (Phi) is 2.78. The molecular formula is C9H5F3N8O. The smallest absolute Gasteiger partial charge is 0.289 e. The number of alkyl halides is 3. The highest BCUT2D eigenvalue weighted by molar-refractivity contribution is 6.03. The molecule has 12 heteroatoms. The van der Waals surface area contributed by atoms with E-state index in [0.29, 0.717) is 5.65 Å². The zero-order valence-electron chi connectivity index (χ0n) is 9.96. The van der Waals surface area contributed by atoms with Crippen LogP contribution in [-0.4, -0.2) is 41.1 Å². The minimum Gasteiger partial charge on any atom is -0.289 e. The topological polar surface area (TPSA) is 114 Å². The average molecular weight is 298 g/mol. The molecule has 0 atom stereocenters. The van der Waals surface area contributed by atoms with Gasteiger partial charge in [-0.15, -0.1) is 10.2 Å². The van der Waals surface area contributed by atoms with Crippen molar-refractivity contribution in [1.82, 2.24) is 35.2 Å². The van der Waals surface area contributed by atoms with E-state index in [1.165, 1.54) is 22.8 Å². The summed E-state index contributed by atoms with van der Waals surface area (Å²) < 4.78 is 38.2. The number of nitrogens with zero attached hydrogens (tertiary/aromatic N) is 6. The van der Waals surface area contributed by atoms with Gasteiger partial charge in [0.2, 0.25) is 11.8 Å². The normalized spacial score (nSPS) is 11.8. The molecule has 0 aromatic carbocycles. The first-order chi connectivity index (χ1) is 9.93. The fraction of sp³-hybridized carbons (Fsp3) is 0.111. The molecule has 0 unspecified atom stereocenters. The molecule has 2 N–H and O–H groups in total. The maximum atomic E-state index is 12.3. The minimum atomic E-state index is -4.67. The van der Waals surface area contributed by atoms with Crippen LogP contribution in [0.3, 0.4) is 0 Å². The number of nitrogens with one attached hydrogen (secondary N) is 2. The number of carbonyl (C=O) groups is 1. The first-order valence-electron chi connectivity index (χ1n) is 5.42. The third-order valence-corrected chi connectivity index (χ3v) is 2.43. The summed E-state index contributed by atoms with van der Waals surface area (Å²) in [5.41, 5.74) is 0.553. The van der Waals surface area contributed by atoms with Crippen molar-refractivity contribution in [2.24, 2.45) is 0 Å². The fourth-order valence-corrected chi connectivity index (χ4v) is 1.49. The van der Waals surface area contributed by atoms with Crippen LogP contribution in [0.2, 0.25) is 0 Å². The Hall–Kier alpha value is -3.05. The first-order valence-corrected chi connectivity index (χ1v) is 5.42. The number of fused-ring (bicyclic) bond motifs is 1. The van der Waals surface area contributed by atoms with Gasteiger partial charge in [-0.2, -0.15) is 22.7 Å². The number of aromatic amines is 1. The van der Waals surface area contributed by atoms with Crippen LogP contribution in [0.25, 0.3) is 5.65 Å². The second-order valence-corrected chi connectivity index (χ2v) is 3.86. The summed E-state index contributed by atoms with van der Waals surface area (Å²) in [4.78, 5) is 15.0. The number of hydrogen-bond acceptors (Lipinski definition) is 6. The van der Waals surface area contributed by atoms with Gasteiger partial charge in [-0.1, -0.05) is 0 Å². The summed E-state index contributed by atoms with van der Waals surface area (Å²) in [5.74, 6) is -2.47. The maximum Gasteiger partial charge on any atom is 0.451 e. The lowest BCUT2D eigenvalue weighted by atomic mass is 10.2. The van der Waals surface area contributed by atoms with Gasteiger partial charge in [-0.3, -0.25) is 15.2 Å². The van der Waals surface area contributed by atoms with Crippen LogP contribution in [0.5, 0.6) is 0 Å². The zero-order chi connectivity index (χ0) is 15.0. The Morgan fingerprint density at radius 2 is 2.14 bits per heavy atom. The third kappa shape index (κ3) is 2.50. The first kappa shape index (κ1) is 13.0. The van der Waals surface area contributed by atoms with Gasteiger partial charge in [0.1, 0.15) is 0 Å². The van der Waals surface area contributed by atoms with Crippen LogP contribution in [-0.2, 0) is 6.18 Å². The molecule has 9 nitrogen and oxygen atoms in total. The van der Waals surface area contributed by atoms with Crippen molar-refractivity contribution in [3.63, 3.8) is 0 Å². The van der Waals surface area contributed by atoms with Gasteiger partial charge in [0.15, 0.2) is 5.65 Å². The number of anilines is 1. The Bertz CT molecular complexity index is 807. The minimum absolute atomic E-state index is 0.133. The summed E-state index contributed by atoms with van der Waals surface area (Å²) >= 11 is 0. The number of H-pyrrole nitrogens is 1. The highest BCUT2D eigenvalue weighted by atomic mass is 19.4. The molecule has 0 bridgehead atoms. The van der Waals surface area contributed by atoms with Crippen LogP contribution in [0.4, 0.5) is 19.1 Å². The van der Waals surface area contributed by atoms with Crippen LogP contribution in [0.1, 0.15) is 16.2 Å². The van der Waals surface area contributed by atoms with E-state index in [0.717, 1.165) is 0 Å². The third-order valence-electron chi connectivity index (χ3n) is 2.43. The maximum absolute atomic E-state index is 12.3. The van der Waals surface area contributed by atoms with E-state index in [1.54, 1.807) is 5.10 Å². The predicted octanol–water partition coefficient (Wildman–Crippen LogP) is 0.513. The van der Waals surface area contributed by atoms with Crippen molar-refractivity contribution in [3.8, 4) is 0 Å². The Balaban J connectivity index is 1.81. The number of amides is 1. The van der Waals surface area contributed by atoms with Crippen LogP contribution in [0.15, 0.2) is 18.3 Å². The van der Waals surface area contributed by atoms with E-state index in [9.17, 15) is 18.0 Å². The van der Waals surface area contributed by atoms with E-state index in [1.807, 2.05) is 0 Å². The van der Waals surface area contributed by atoms with E-state index >= 15 is 0 Å².